The van der Waals surface area contributed by atoms with Gasteiger partial charge in [-0.2, -0.15) is 0 Å². The molecule has 0 N–H and O–H groups in total. The van der Waals surface area contributed by atoms with Crippen LogP contribution in [-0.2, 0) is 0 Å². The second-order valence-electron chi connectivity index (χ2n) is 13.2. The van der Waals surface area contributed by atoms with E-state index in [1.807, 2.05) is 30.3 Å². The molecule has 0 radical (unpaired) electrons. The Morgan fingerprint density at radius 2 is 0.923 bits per heavy atom. The van der Waals surface area contributed by atoms with Crippen LogP contribution in [0.2, 0.25) is 0 Å². The third-order valence-corrected chi connectivity index (χ3v) is 10.1. The quantitative estimate of drug-likeness (QED) is 0.187. The molecule has 3 heterocycles. The molecule has 5 heteroatoms. The molecule has 5 nitrogen and oxygen atoms in total. The van der Waals surface area contributed by atoms with Crippen LogP contribution in [0.25, 0.3) is 111 Å². The molecular weight excluding hydrogens is 639 g/mol. The minimum absolute atomic E-state index is 0.564. The molecule has 0 spiro atoms. The summed E-state index contributed by atoms with van der Waals surface area (Å²) in [4.78, 5) is 15.6. The van der Waals surface area contributed by atoms with E-state index in [1.165, 1.54) is 0 Å². The molecule has 11 aromatic rings. The summed E-state index contributed by atoms with van der Waals surface area (Å²) in [6, 6.07) is 56.3. The topological polar surface area (TPSA) is 65.0 Å². The monoisotopic (exact) mass is 665 g/mol. The van der Waals surface area contributed by atoms with Crippen LogP contribution in [0.5, 0.6) is 0 Å². The molecule has 0 fully saturated rings. The molecule has 52 heavy (non-hydrogen) atoms. The van der Waals surface area contributed by atoms with Crippen molar-refractivity contribution in [1.29, 1.82) is 0 Å². The Bertz CT molecular complexity index is 3190. The predicted molar refractivity (Wildman–Crippen MR) is 211 cm³/mol. The number of fused-ring (bicyclic) bond motifs is 8. The van der Waals surface area contributed by atoms with Crippen molar-refractivity contribution in [3.8, 4) is 45.3 Å². The highest BCUT2D eigenvalue weighted by molar-refractivity contribution is 6.18. The molecule has 0 saturated heterocycles. The van der Waals surface area contributed by atoms with Gasteiger partial charge < -0.3 is 8.83 Å². The highest BCUT2D eigenvalue weighted by atomic mass is 16.3. The minimum Gasteiger partial charge on any atom is -0.456 e. The Morgan fingerprint density at radius 3 is 1.75 bits per heavy atom. The molecule has 0 atom stereocenters. The fourth-order valence-electron chi connectivity index (χ4n) is 7.54. The third-order valence-electron chi connectivity index (χ3n) is 10.1. The normalized spacial score (nSPS) is 11.8. The highest BCUT2D eigenvalue weighted by Crippen LogP contribution is 2.43. The molecule has 8 aromatic carbocycles. The van der Waals surface area contributed by atoms with E-state index in [9.17, 15) is 0 Å². The van der Waals surface area contributed by atoms with Crippen molar-refractivity contribution in [2.45, 2.75) is 0 Å². The summed E-state index contributed by atoms with van der Waals surface area (Å²) in [7, 11) is 0. The second kappa shape index (κ2) is 11.2. The highest BCUT2D eigenvalue weighted by Gasteiger charge is 2.22. The van der Waals surface area contributed by atoms with Gasteiger partial charge in [0.25, 0.3) is 0 Å². The Kier molecular flexibility index (Phi) is 6.18. The molecule has 0 bridgehead atoms. The van der Waals surface area contributed by atoms with Gasteiger partial charge in [0.2, 0.25) is 0 Å². The molecule has 3 aromatic heterocycles. The van der Waals surface area contributed by atoms with Crippen molar-refractivity contribution in [3.05, 3.63) is 164 Å². The van der Waals surface area contributed by atoms with Gasteiger partial charge >= 0.3 is 0 Å². The van der Waals surface area contributed by atoms with Gasteiger partial charge in [0.05, 0.1) is 0 Å². The zero-order chi connectivity index (χ0) is 34.2. The Morgan fingerprint density at radius 1 is 0.327 bits per heavy atom. The van der Waals surface area contributed by atoms with E-state index in [4.69, 9.17) is 23.8 Å². The number of hydrogen-bond acceptors (Lipinski definition) is 5. The van der Waals surface area contributed by atoms with Crippen LogP contribution in [0.4, 0.5) is 0 Å². The number of hydrogen-bond donors (Lipinski definition) is 0. The van der Waals surface area contributed by atoms with Crippen LogP contribution in [0.1, 0.15) is 0 Å². The molecule has 0 aliphatic rings. The fraction of sp³-hybridized carbons (Fsp3) is 0. The summed E-state index contributed by atoms with van der Waals surface area (Å²) in [6.07, 6.45) is 0. The van der Waals surface area contributed by atoms with Crippen molar-refractivity contribution < 1.29 is 8.83 Å². The van der Waals surface area contributed by atoms with Gasteiger partial charge in [-0.05, 0) is 75.6 Å². The third kappa shape index (κ3) is 4.53. The van der Waals surface area contributed by atoms with Crippen LogP contribution in [-0.4, -0.2) is 15.0 Å². The maximum absolute atomic E-state index is 6.78. The molecule has 11 rings (SSSR count). The van der Waals surface area contributed by atoms with E-state index in [0.29, 0.717) is 17.5 Å². The summed E-state index contributed by atoms with van der Waals surface area (Å²) in [5, 5.41) is 8.66. The summed E-state index contributed by atoms with van der Waals surface area (Å²) in [6.45, 7) is 0. The van der Waals surface area contributed by atoms with Gasteiger partial charge in [-0.15, -0.1) is 0 Å². The van der Waals surface area contributed by atoms with Crippen LogP contribution in [0.15, 0.2) is 173 Å². The van der Waals surface area contributed by atoms with E-state index >= 15 is 0 Å². The van der Waals surface area contributed by atoms with Gasteiger partial charge in [0, 0.05) is 43.8 Å². The van der Waals surface area contributed by atoms with Gasteiger partial charge in [-0.25, -0.2) is 15.0 Å². The Balaban J connectivity index is 1.20. The molecule has 242 valence electrons. The zero-order valence-corrected chi connectivity index (χ0v) is 27.7. The van der Waals surface area contributed by atoms with Crippen molar-refractivity contribution in [2.24, 2.45) is 0 Å². The lowest BCUT2D eigenvalue weighted by Gasteiger charge is -2.11. The molecule has 0 aliphatic heterocycles. The first-order valence-corrected chi connectivity index (χ1v) is 17.3. The fourth-order valence-corrected chi connectivity index (χ4v) is 7.54. The Hall–Kier alpha value is -7.11. The molecule has 0 unspecified atom stereocenters. The first-order chi connectivity index (χ1) is 25.7. The first kappa shape index (κ1) is 28.7. The van der Waals surface area contributed by atoms with E-state index in [2.05, 4.69) is 133 Å². The maximum Gasteiger partial charge on any atom is 0.164 e. The lowest BCUT2D eigenvalue weighted by Crippen LogP contribution is -2.00. The largest absolute Gasteiger partial charge is 0.456 e. The molecule has 0 amide bonds. The van der Waals surface area contributed by atoms with E-state index < -0.39 is 0 Å². The first-order valence-electron chi connectivity index (χ1n) is 17.3. The Labute approximate surface area is 297 Å². The lowest BCUT2D eigenvalue weighted by atomic mass is 9.97. The maximum atomic E-state index is 6.78. The zero-order valence-electron chi connectivity index (χ0n) is 27.7. The molecule has 0 saturated carbocycles. The van der Waals surface area contributed by atoms with Crippen molar-refractivity contribution in [1.82, 2.24) is 15.0 Å². The average molecular weight is 666 g/mol. The summed E-state index contributed by atoms with van der Waals surface area (Å²) in [5.41, 5.74) is 7.97. The average Bonchev–Trinajstić information content (AvgIpc) is 3.77. The van der Waals surface area contributed by atoms with Crippen LogP contribution >= 0.6 is 0 Å². The van der Waals surface area contributed by atoms with Crippen molar-refractivity contribution in [3.63, 3.8) is 0 Å². The number of aromatic nitrogens is 3. The van der Waals surface area contributed by atoms with E-state index in [0.717, 1.165) is 93.2 Å². The number of para-hydroxylation sites is 1. The molecule has 0 aliphatic carbocycles. The van der Waals surface area contributed by atoms with Crippen LogP contribution in [0.3, 0.4) is 0 Å². The number of rotatable bonds is 4. The van der Waals surface area contributed by atoms with Crippen LogP contribution < -0.4 is 0 Å². The number of furan rings is 2. The van der Waals surface area contributed by atoms with Crippen molar-refractivity contribution in [2.75, 3.05) is 0 Å². The standard InChI is InChI=1S/C47H27N3O2/c1-2-11-29(12-3-1)35-22-23-38(43-39-25-31-14-6-7-15-32(31)26-42(39)52-44(35)43)47-49-45(33-19-18-28-10-4-5-13-30(28)24-33)48-46(50-47)34-20-21-37-36-16-8-9-17-40(36)51-41(37)27-34/h1-27H. The van der Waals surface area contributed by atoms with Gasteiger partial charge in [0.1, 0.15) is 22.3 Å². The predicted octanol–water partition coefficient (Wildman–Crippen LogP) is 12.6. The van der Waals surface area contributed by atoms with Crippen molar-refractivity contribution >= 4 is 65.4 Å². The second-order valence-corrected chi connectivity index (χ2v) is 13.2. The lowest BCUT2D eigenvalue weighted by molar-refractivity contribution is 0.669. The molecular formula is C47H27N3O2. The van der Waals surface area contributed by atoms with E-state index in [-0.39, 0.29) is 0 Å². The smallest absolute Gasteiger partial charge is 0.164 e. The SMILES string of the molecule is c1ccc(-c2ccc(-c3nc(-c4ccc5ccccc5c4)nc(-c4ccc5c(c4)oc4ccccc45)n3)c3c2oc2cc4ccccc4cc23)cc1. The van der Waals surface area contributed by atoms with E-state index in [1.54, 1.807) is 0 Å². The number of nitrogens with zero attached hydrogens (tertiary/aromatic N) is 3. The summed E-state index contributed by atoms with van der Waals surface area (Å²) >= 11 is 0. The van der Waals surface area contributed by atoms with Crippen LogP contribution in [0, 0.1) is 0 Å². The summed E-state index contributed by atoms with van der Waals surface area (Å²) < 4.78 is 13.1. The minimum atomic E-state index is 0.564. The number of benzene rings is 8. The summed E-state index contributed by atoms with van der Waals surface area (Å²) in [5.74, 6) is 1.72. The van der Waals surface area contributed by atoms with Gasteiger partial charge in [-0.1, -0.05) is 115 Å². The van der Waals surface area contributed by atoms with Gasteiger partial charge in [-0.3, -0.25) is 0 Å². The van der Waals surface area contributed by atoms with Gasteiger partial charge in [0.15, 0.2) is 17.5 Å².